The molecule has 4 nitrogen and oxygen atoms in total. The molecule has 3 rings (SSSR count). The van der Waals surface area contributed by atoms with Gasteiger partial charge in [0.2, 0.25) is 0 Å². The van der Waals surface area contributed by atoms with Crippen molar-refractivity contribution < 1.29 is 5.11 Å². The molecule has 0 bridgehead atoms. The lowest BCUT2D eigenvalue weighted by Crippen LogP contribution is -2.28. The van der Waals surface area contributed by atoms with Gasteiger partial charge in [-0.25, -0.2) is 0 Å². The second-order valence-corrected chi connectivity index (χ2v) is 5.34. The van der Waals surface area contributed by atoms with Crippen LogP contribution in [0.15, 0.2) is 24.4 Å². The van der Waals surface area contributed by atoms with Crippen molar-refractivity contribution in [2.75, 3.05) is 5.73 Å². The third kappa shape index (κ3) is 1.75. The van der Waals surface area contributed by atoms with Crippen molar-refractivity contribution in [1.29, 1.82) is 0 Å². The van der Waals surface area contributed by atoms with Gasteiger partial charge in [-0.15, -0.1) is 0 Å². The Balaban J connectivity index is 2.19. The topological polar surface area (TPSA) is 64.1 Å². The van der Waals surface area contributed by atoms with E-state index in [2.05, 4.69) is 5.10 Å². The van der Waals surface area contributed by atoms with E-state index >= 15 is 0 Å². The zero-order valence-corrected chi connectivity index (χ0v) is 11.5. The predicted molar refractivity (Wildman–Crippen MR) is 75.1 cm³/mol. The molecule has 19 heavy (non-hydrogen) atoms. The molecule has 1 aromatic carbocycles. The number of anilines is 1. The fourth-order valence-corrected chi connectivity index (χ4v) is 3.23. The van der Waals surface area contributed by atoms with E-state index < -0.39 is 5.60 Å². The fourth-order valence-electron chi connectivity index (χ4n) is 2.93. The highest BCUT2D eigenvalue weighted by atomic mass is 35.5. The molecule has 0 radical (unpaired) electrons. The van der Waals surface area contributed by atoms with Gasteiger partial charge in [0.25, 0.3) is 0 Å². The van der Waals surface area contributed by atoms with Crippen LogP contribution in [0.25, 0.3) is 0 Å². The van der Waals surface area contributed by atoms with Crippen LogP contribution in [-0.2, 0) is 18.6 Å². The minimum atomic E-state index is -1.06. The number of aliphatic hydroxyl groups is 1. The summed E-state index contributed by atoms with van der Waals surface area (Å²) in [4.78, 5) is 0. The molecule has 0 saturated heterocycles. The van der Waals surface area contributed by atoms with Gasteiger partial charge in [0.15, 0.2) is 0 Å². The van der Waals surface area contributed by atoms with Gasteiger partial charge in [0.1, 0.15) is 5.60 Å². The van der Waals surface area contributed by atoms with Crippen molar-refractivity contribution in [3.8, 4) is 0 Å². The Morgan fingerprint density at radius 1 is 1.53 bits per heavy atom. The lowest BCUT2D eigenvalue weighted by molar-refractivity contribution is 0.0731. The van der Waals surface area contributed by atoms with Crippen LogP contribution in [0.1, 0.15) is 30.2 Å². The van der Waals surface area contributed by atoms with E-state index in [1.54, 1.807) is 10.9 Å². The van der Waals surface area contributed by atoms with Crippen LogP contribution in [-0.4, -0.2) is 14.9 Å². The molecule has 1 aliphatic carbocycles. The molecule has 2 aromatic rings. The van der Waals surface area contributed by atoms with E-state index in [4.69, 9.17) is 17.3 Å². The molecular weight excluding hydrogens is 262 g/mol. The first-order chi connectivity index (χ1) is 9.06. The highest BCUT2D eigenvalue weighted by molar-refractivity contribution is 6.31. The highest BCUT2D eigenvalue weighted by Crippen LogP contribution is 2.44. The number of hydrogen-bond donors (Lipinski definition) is 2. The SMILES string of the molecule is CCn1ncc(Cl)c1C1(O)CCc2cc(N)ccc21. The summed E-state index contributed by atoms with van der Waals surface area (Å²) in [6, 6.07) is 5.63. The summed E-state index contributed by atoms with van der Waals surface area (Å²) in [7, 11) is 0. The van der Waals surface area contributed by atoms with Gasteiger partial charge in [-0.1, -0.05) is 17.7 Å². The van der Waals surface area contributed by atoms with Crippen LogP contribution in [0.5, 0.6) is 0 Å². The second kappa shape index (κ2) is 4.25. The Kier molecular flexibility index (Phi) is 2.80. The van der Waals surface area contributed by atoms with Gasteiger partial charge in [-0.05, 0) is 43.0 Å². The van der Waals surface area contributed by atoms with Gasteiger partial charge in [0.05, 0.1) is 16.9 Å². The smallest absolute Gasteiger partial charge is 0.133 e. The van der Waals surface area contributed by atoms with Gasteiger partial charge in [0, 0.05) is 12.2 Å². The molecule has 0 amide bonds. The summed E-state index contributed by atoms with van der Waals surface area (Å²) in [5.41, 5.74) is 8.11. The normalized spacial score (nSPS) is 21.6. The first kappa shape index (κ1) is 12.5. The summed E-state index contributed by atoms with van der Waals surface area (Å²) in [6.07, 6.45) is 2.99. The van der Waals surface area contributed by atoms with Gasteiger partial charge in [-0.3, -0.25) is 4.68 Å². The summed E-state index contributed by atoms with van der Waals surface area (Å²) >= 11 is 6.22. The molecule has 0 spiro atoms. The van der Waals surface area contributed by atoms with Crippen LogP contribution in [0.3, 0.4) is 0 Å². The monoisotopic (exact) mass is 277 g/mol. The molecule has 5 heteroatoms. The van der Waals surface area contributed by atoms with E-state index in [-0.39, 0.29) is 0 Å². The maximum atomic E-state index is 11.1. The van der Waals surface area contributed by atoms with Crippen molar-refractivity contribution >= 4 is 17.3 Å². The minimum Gasteiger partial charge on any atom is -0.399 e. The number of aromatic nitrogens is 2. The number of hydrogen-bond acceptors (Lipinski definition) is 3. The zero-order chi connectivity index (χ0) is 13.6. The zero-order valence-electron chi connectivity index (χ0n) is 10.7. The third-order valence-electron chi connectivity index (χ3n) is 3.82. The maximum absolute atomic E-state index is 11.1. The Hall–Kier alpha value is -1.52. The number of benzene rings is 1. The van der Waals surface area contributed by atoms with E-state index in [1.165, 1.54) is 0 Å². The fraction of sp³-hybridized carbons (Fsp3) is 0.357. The molecule has 0 fully saturated rings. The number of nitrogens with zero attached hydrogens (tertiary/aromatic N) is 2. The standard InChI is InChI=1S/C14H16ClN3O/c1-2-18-13(12(15)8-17-18)14(19)6-5-9-7-10(16)3-4-11(9)14/h3-4,7-8,19H,2,5-6,16H2,1H3. The van der Waals surface area contributed by atoms with Gasteiger partial charge in [-0.2, -0.15) is 5.10 Å². The van der Waals surface area contributed by atoms with E-state index in [1.807, 2.05) is 25.1 Å². The first-order valence-corrected chi connectivity index (χ1v) is 6.77. The lowest BCUT2D eigenvalue weighted by atomic mass is 9.92. The molecular formula is C14H16ClN3O. The Morgan fingerprint density at radius 2 is 2.32 bits per heavy atom. The molecule has 100 valence electrons. The Bertz CT molecular complexity index is 638. The molecule has 1 aromatic heterocycles. The van der Waals surface area contributed by atoms with Crippen LogP contribution in [0.2, 0.25) is 5.02 Å². The second-order valence-electron chi connectivity index (χ2n) is 4.93. The van der Waals surface area contributed by atoms with Gasteiger partial charge >= 0.3 is 0 Å². The first-order valence-electron chi connectivity index (χ1n) is 6.39. The van der Waals surface area contributed by atoms with Crippen LogP contribution < -0.4 is 5.73 Å². The Morgan fingerprint density at radius 3 is 3.05 bits per heavy atom. The molecule has 0 aliphatic heterocycles. The number of aryl methyl sites for hydroxylation is 2. The van der Waals surface area contributed by atoms with Crippen LogP contribution >= 0.6 is 11.6 Å². The maximum Gasteiger partial charge on any atom is 0.133 e. The predicted octanol–water partition coefficient (Wildman–Crippen LogP) is 2.32. The largest absolute Gasteiger partial charge is 0.399 e. The van der Waals surface area contributed by atoms with Crippen molar-refractivity contribution in [2.45, 2.75) is 31.9 Å². The summed E-state index contributed by atoms with van der Waals surface area (Å²) in [5.74, 6) is 0. The molecule has 1 atom stereocenters. The molecule has 1 unspecified atom stereocenters. The molecule has 0 saturated carbocycles. The number of fused-ring (bicyclic) bond motifs is 1. The average molecular weight is 278 g/mol. The van der Waals surface area contributed by atoms with Crippen LogP contribution in [0, 0.1) is 0 Å². The molecule has 1 aliphatic rings. The summed E-state index contributed by atoms with van der Waals surface area (Å²) in [6.45, 7) is 2.66. The quantitative estimate of drug-likeness (QED) is 0.828. The third-order valence-corrected chi connectivity index (χ3v) is 4.09. The van der Waals surface area contributed by atoms with Crippen LogP contribution in [0.4, 0.5) is 5.69 Å². The number of nitrogen functional groups attached to an aromatic ring is 1. The Labute approximate surface area is 116 Å². The number of halogens is 1. The van der Waals surface area contributed by atoms with Crippen molar-refractivity contribution in [2.24, 2.45) is 0 Å². The van der Waals surface area contributed by atoms with Crippen molar-refractivity contribution in [3.63, 3.8) is 0 Å². The molecule has 1 heterocycles. The average Bonchev–Trinajstić information content (AvgIpc) is 2.91. The lowest BCUT2D eigenvalue weighted by Gasteiger charge is -2.25. The number of rotatable bonds is 2. The van der Waals surface area contributed by atoms with Crippen molar-refractivity contribution in [3.05, 3.63) is 46.2 Å². The van der Waals surface area contributed by atoms with E-state index in [0.717, 1.165) is 23.2 Å². The van der Waals surface area contributed by atoms with Crippen molar-refractivity contribution in [1.82, 2.24) is 9.78 Å². The van der Waals surface area contributed by atoms with Gasteiger partial charge < -0.3 is 10.8 Å². The number of nitrogens with two attached hydrogens (primary N) is 1. The van der Waals surface area contributed by atoms with E-state index in [9.17, 15) is 5.11 Å². The summed E-state index contributed by atoms with van der Waals surface area (Å²) in [5, 5.41) is 15.8. The molecule has 3 N–H and O–H groups in total. The summed E-state index contributed by atoms with van der Waals surface area (Å²) < 4.78 is 1.76. The minimum absolute atomic E-state index is 0.508. The van der Waals surface area contributed by atoms with E-state index in [0.29, 0.717) is 23.7 Å². The highest BCUT2D eigenvalue weighted by Gasteiger charge is 2.42.